The number of aromatic nitrogens is 1. The van der Waals surface area contributed by atoms with Crippen molar-refractivity contribution in [1.29, 1.82) is 0 Å². The van der Waals surface area contributed by atoms with Gasteiger partial charge in [-0.05, 0) is 26.8 Å². The van der Waals surface area contributed by atoms with E-state index in [0.29, 0.717) is 6.54 Å². The van der Waals surface area contributed by atoms with Gasteiger partial charge in [-0.3, -0.25) is 4.79 Å². The molecule has 2 rings (SSSR count). The van der Waals surface area contributed by atoms with Crippen molar-refractivity contribution in [3.05, 3.63) is 15.6 Å². The van der Waals surface area contributed by atoms with Gasteiger partial charge in [-0.25, -0.2) is 4.98 Å². The van der Waals surface area contributed by atoms with Crippen molar-refractivity contribution in [3.8, 4) is 0 Å². The second-order valence-electron chi connectivity index (χ2n) is 4.48. The summed E-state index contributed by atoms with van der Waals surface area (Å²) in [5.41, 5.74) is 1.11. The summed E-state index contributed by atoms with van der Waals surface area (Å²) in [6.45, 7) is 6.59. The minimum Gasteiger partial charge on any atom is -0.355 e. The molecule has 0 aromatic carbocycles. The lowest BCUT2D eigenvalue weighted by molar-refractivity contribution is -0.124. The average Bonchev–Trinajstić information content (AvgIpc) is 2.90. The van der Waals surface area contributed by atoms with Gasteiger partial charge in [-0.1, -0.05) is 0 Å². The highest BCUT2D eigenvalue weighted by atomic mass is 35.5. The Morgan fingerprint density at radius 3 is 2.74 bits per heavy atom. The van der Waals surface area contributed by atoms with Gasteiger partial charge >= 0.3 is 0 Å². The van der Waals surface area contributed by atoms with E-state index in [4.69, 9.17) is 0 Å². The lowest BCUT2D eigenvalue weighted by Crippen LogP contribution is -2.33. The van der Waals surface area contributed by atoms with Gasteiger partial charge in [0.15, 0.2) is 0 Å². The molecule has 1 atom stereocenters. The first-order valence-corrected chi connectivity index (χ1v) is 6.90. The molecule has 19 heavy (non-hydrogen) atoms. The van der Waals surface area contributed by atoms with Crippen LogP contribution in [0.3, 0.4) is 0 Å². The molecule has 1 aromatic heterocycles. The van der Waals surface area contributed by atoms with Gasteiger partial charge in [-0.15, -0.1) is 36.2 Å². The Balaban J connectivity index is 0.00000162. The Hall–Kier alpha value is -0.360. The fraction of sp³-hybridized carbons (Fsp3) is 0.667. The molecule has 1 unspecified atom stereocenters. The average molecular weight is 326 g/mol. The Bertz CT molecular complexity index is 386. The first kappa shape index (κ1) is 18.6. The van der Waals surface area contributed by atoms with Crippen LogP contribution in [-0.4, -0.2) is 30.5 Å². The number of amides is 1. The molecular weight excluding hydrogens is 305 g/mol. The number of hydrogen-bond acceptors (Lipinski definition) is 4. The van der Waals surface area contributed by atoms with E-state index in [9.17, 15) is 4.79 Å². The topological polar surface area (TPSA) is 54.0 Å². The summed E-state index contributed by atoms with van der Waals surface area (Å²) in [5.74, 6) is 0.342. The third-order valence-electron chi connectivity index (χ3n) is 3.14. The maximum atomic E-state index is 11.7. The van der Waals surface area contributed by atoms with Crippen LogP contribution in [0.1, 0.15) is 22.0 Å². The molecule has 4 nitrogen and oxygen atoms in total. The minimum absolute atomic E-state index is 0. The van der Waals surface area contributed by atoms with Gasteiger partial charge in [0.05, 0.1) is 16.6 Å². The fourth-order valence-electron chi connectivity index (χ4n) is 1.96. The molecule has 0 bridgehead atoms. The number of halogens is 2. The number of rotatable bonds is 4. The van der Waals surface area contributed by atoms with Crippen LogP contribution in [0.15, 0.2) is 0 Å². The predicted molar refractivity (Wildman–Crippen MR) is 83.8 cm³/mol. The van der Waals surface area contributed by atoms with Crippen molar-refractivity contribution >= 4 is 42.1 Å². The van der Waals surface area contributed by atoms with Crippen LogP contribution in [0, 0.1) is 19.8 Å². The number of nitrogens with one attached hydrogen (secondary N) is 2. The molecule has 1 amide bonds. The first-order valence-electron chi connectivity index (χ1n) is 6.08. The Labute approximate surface area is 130 Å². The zero-order valence-corrected chi connectivity index (χ0v) is 13.6. The highest BCUT2D eigenvalue weighted by Gasteiger charge is 2.21. The van der Waals surface area contributed by atoms with E-state index in [1.807, 2.05) is 6.92 Å². The number of thiazole rings is 1. The first-order chi connectivity index (χ1) is 8.16. The van der Waals surface area contributed by atoms with E-state index in [2.05, 4.69) is 22.5 Å². The number of hydrogen-bond donors (Lipinski definition) is 2. The van der Waals surface area contributed by atoms with Gasteiger partial charge in [-0.2, -0.15) is 0 Å². The predicted octanol–water partition coefficient (Wildman–Crippen LogP) is 1.87. The van der Waals surface area contributed by atoms with E-state index in [1.165, 1.54) is 4.88 Å². The van der Waals surface area contributed by atoms with E-state index in [-0.39, 0.29) is 36.6 Å². The number of carbonyl (C=O) groups excluding carboxylic acids is 1. The zero-order valence-electron chi connectivity index (χ0n) is 11.2. The summed E-state index contributed by atoms with van der Waals surface area (Å²) in [7, 11) is 0. The van der Waals surface area contributed by atoms with Crippen molar-refractivity contribution in [2.75, 3.05) is 19.6 Å². The summed E-state index contributed by atoms with van der Waals surface area (Å²) in [4.78, 5) is 17.5. The lowest BCUT2D eigenvalue weighted by Gasteiger charge is -2.08. The molecule has 1 fully saturated rings. The summed E-state index contributed by atoms with van der Waals surface area (Å²) >= 11 is 1.72. The smallest absolute Gasteiger partial charge is 0.224 e. The molecule has 7 heteroatoms. The monoisotopic (exact) mass is 325 g/mol. The molecule has 2 heterocycles. The van der Waals surface area contributed by atoms with Gasteiger partial charge in [0.1, 0.15) is 0 Å². The summed E-state index contributed by atoms with van der Waals surface area (Å²) in [6, 6.07) is 0. The van der Waals surface area contributed by atoms with Crippen molar-refractivity contribution in [2.24, 2.45) is 5.92 Å². The quantitative estimate of drug-likeness (QED) is 0.888. The van der Waals surface area contributed by atoms with Crippen LogP contribution in [0.2, 0.25) is 0 Å². The maximum absolute atomic E-state index is 11.7. The van der Waals surface area contributed by atoms with Crippen LogP contribution in [-0.2, 0) is 11.2 Å². The van der Waals surface area contributed by atoms with E-state index in [1.54, 1.807) is 11.3 Å². The molecule has 1 aliphatic rings. The molecule has 0 saturated carbocycles. The standard InChI is InChI=1S/C12H19N3OS.2ClH/c1-8-9(2)17-11(15-8)4-6-14-12(16)10-3-5-13-7-10;;/h10,13H,3-7H2,1-2H3,(H,14,16);2*1H. The van der Waals surface area contributed by atoms with E-state index in [0.717, 1.165) is 36.6 Å². The summed E-state index contributed by atoms with van der Waals surface area (Å²) in [5, 5.41) is 7.31. The van der Waals surface area contributed by atoms with Crippen LogP contribution in [0.4, 0.5) is 0 Å². The molecule has 0 radical (unpaired) electrons. The summed E-state index contributed by atoms with van der Waals surface area (Å²) in [6.07, 6.45) is 1.80. The molecule has 110 valence electrons. The molecule has 1 aliphatic heterocycles. The van der Waals surface area contributed by atoms with E-state index >= 15 is 0 Å². The molecule has 0 spiro atoms. The molecule has 1 saturated heterocycles. The summed E-state index contributed by atoms with van der Waals surface area (Å²) < 4.78 is 0. The van der Waals surface area contributed by atoms with Gasteiger partial charge in [0.2, 0.25) is 5.91 Å². The molecule has 1 aromatic rings. The van der Waals surface area contributed by atoms with Crippen LogP contribution in [0.5, 0.6) is 0 Å². The van der Waals surface area contributed by atoms with E-state index < -0.39 is 0 Å². The van der Waals surface area contributed by atoms with Gasteiger partial charge in [0.25, 0.3) is 0 Å². The van der Waals surface area contributed by atoms with Crippen LogP contribution >= 0.6 is 36.2 Å². The third kappa shape index (κ3) is 5.26. The fourth-order valence-corrected chi connectivity index (χ4v) is 2.89. The molecule has 2 N–H and O–H groups in total. The van der Waals surface area contributed by atoms with Gasteiger partial charge < -0.3 is 10.6 Å². The number of aryl methyl sites for hydroxylation is 2. The zero-order chi connectivity index (χ0) is 12.3. The van der Waals surface area contributed by atoms with Crippen LogP contribution in [0.25, 0.3) is 0 Å². The van der Waals surface area contributed by atoms with Crippen molar-refractivity contribution in [1.82, 2.24) is 15.6 Å². The Morgan fingerprint density at radius 1 is 1.47 bits per heavy atom. The highest BCUT2D eigenvalue weighted by Crippen LogP contribution is 2.16. The second kappa shape index (κ2) is 8.74. The maximum Gasteiger partial charge on any atom is 0.224 e. The molecular formula is C12H21Cl2N3OS. The minimum atomic E-state index is 0. The SMILES string of the molecule is Cc1nc(CCNC(=O)C2CCNC2)sc1C.Cl.Cl. The van der Waals surface area contributed by atoms with Crippen molar-refractivity contribution in [2.45, 2.75) is 26.7 Å². The molecule has 0 aliphatic carbocycles. The van der Waals surface area contributed by atoms with Gasteiger partial charge in [0, 0.05) is 24.4 Å². The van der Waals surface area contributed by atoms with Crippen LogP contribution < -0.4 is 10.6 Å². The Morgan fingerprint density at radius 2 is 2.21 bits per heavy atom. The lowest BCUT2D eigenvalue weighted by atomic mass is 10.1. The third-order valence-corrected chi connectivity index (χ3v) is 4.27. The number of carbonyl (C=O) groups is 1. The van der Waals surface area contributed by atoms with Crippen molar-refractivity contribution < 1.29 is 4.79 Å². The Kier molecular flexibility index (Phi) is 8.57. The highest BCUT2D eigenvalue weighted by molar-refractivity contribution is 7.11. The normalized spacial score (nSPS) is 17.5. The largest absolute Gasteiger partial charge is 0.355 e. The second-order valence-corrected chi connectivity index (χ2v) is 5.77. The number of nitrogens with zero attached hydrogens (tertiary/aromatic N) is 1. The van der Waals surface area contributed by atoms with Crippen molar-refractivity contribution in [3.63, 3.8) is 0 Å².